The maximum atomic E-state index is 5.80. The average molecular weight is 241 g/mol. The number of alkyl halides is 1. The van der Waals surface area contributed by atoms with Gasteiger partial charge in [-0.05, 0) is 37.3 Å². The number of hydrogen-bond donors (Lipinski definition) is 1. The highest BCUT2D eigenvalue weighted by Gasteiger charge is 2.07. The molecule has 3 heteroatoms. The lowest BCUT2D eigenvalue weighted by Crippen LogP contribution is -2.16. The van der Waals surface area contributed by atoms with E-state index in [-0.39, 0.29) is 0 Å². The van der Waals surface area contributed by atoms with Gasteiger partial charge >= 0.3 is 0 Å². The number of nitrogens with zero attached hydrogens (tertiary/aromatic N) is 1. The van der Waals surface area contributed by atoms with Crippen molar-refractivity contribution in [1.29, 1.82) is 0 Å². The Morgan fingerprint density at radius 2 is 2.25 bits per heavy atom. The number of aryl methyl sites for hydroxylation is 1. The number of aromatic nitrogens is 1. The molecular formula is C13H21ClN2. The van der Waals surface area contributed by atoms with Crippen molar-refractivity contribution < 1.29 is 0 Å². The summed E-state index contributed by atoms with van der Waals surface area (Å²) < 4.78 is 0. The van der Waals surface area contributed by atoms with Crippen molar-refractivity contribution in [3.8, 4) is 0 Å². The fourth-order valence-corrected chi connectivity index (χ4v) is 2.13. The standard InChI is InChI=1S/C13H21ClN2/c1-3-5-12(7-8-14)10-16-13-11(2)6-4-9-15-13/h4,6,9,12H,3,5,7-8,10H2,1-2H3,(H,15,16). The first-order valence-corrected chi connectivity index (χ1v) is 6.52. The van der Waals surface area contributed by atoms with E-state index in [2.05, 4.69) is 30.2 Å². The molecule has 0 amide bonds. The summed E-state index contributed by atoms with van der Waals surface area (Å²) in [5.41, 5.74) is 1.20. The van der Waals surface area contributed by atoms with Gasteiger partial charge in [-0.25, -0.2) is 4.98 Å². The molecule has 1 heterocycles. The monoisotopic (exact) mass is 240 g/mol. The summed E-state index contributed by atoms with van der Waals surface area (Å²) in [6, 6.07) is 4.04. The Balaban J connectivity index is 2.45. The highest BCUT2D eigenvalue weighted by atomic mass is 35.5. The molecule has 1 aromatic rings. The molecule has 1 unspecified atom stereocenters. The van der Waals surface area contributed by atoms with Crippen LogP contribution in [-0.2, 0) is 0 Å². The number of nitrogens with one attached hydrogen (secondary N) is 1. The second kappa shape index (κ2) is 7.50. The van der Waals surface area contributed by atoms with Crippen molar-refractivity contribution in [2.75, 3.05) is 17.7 Å². The van der Waals surface area contributed by atoms with Crippen molar-refractivity contribution in [2.24, 2.45) is 5.92 Å². The van der Waals surface area contributed by atoms with Crippen LogP contribution in [0.5, 0.6) is 0 Å². The van der Waals surface area contributed by atoms with Crippen LogP contribution in [0.25, 0.3) is 0 Å². The third-order valence-corrected chi connectivity index (χ3v) is 3.00. The van der Waals surface area contributed by atoms with E-state index < -0.39 is 0 Å². The minimum atomic E-state index is 0.656. The Bertz CT molecular complexity index is 296. The second-order valence-electron chi connectivity index (χ2n) is 4.18. The van der Waals surface area contributed by atoms with E-state index in [9.17, 15) is 0 Å². The molecule has 90 valence electrons. The van der Waals surface area contributed by atoms with E-state index in [1.165, 1.54) is 18.4 Å². The molecule has 1 aromatic heterocycles. The van der Waals surface area contributed by atoms with Crippen LogP contribution >= 0.6 is 11.6 Å². The van der Waals surface area contributed by atoms with Crippen LogP contribution in [0.4, 0.5) is 5.82 Å². The molecule has 2 nitrogen and oxygen atoms in total. The Labute approximate surface area is 103 Å². The molecule has 0 saturated heterocycles. The summed E-state index contributed by atoms with van der Waals surface area (Å²) in [6.07, 6.45) is 5.34. The first kappa shape index (κ1) is 13.3. The number of pyridine rings is 1. The highest BCUT2D eigenvalue weighted by Crippen LogP contribution is 2.15. The molecule has 1 N–H and O–H groups in total. The summed E-state index contributed by atoms with van der Waals surface area (Å²) in [5, 5.41) is 3.41. The van der Waals surface area contributed by atoms with E-state index >= 15 is 0 Å². The first-order valence-electron chi connectivity index (χ1n) is 5.99. The van der Waals surface area contributed by atoms with Crippen molar-refractivity contribution in [1.82, 2.24) is 4.98 Å². The molecule has 0 saturated carbocycles. The van der Waals surface area contributed by atoms with E-state index in [1.54, 1.807) is 0 Å². The van der Waals surface area contributed by atoms with E-state index in [4.69, 9.17) is 11.6 Å². The molecule has 0 aliphatic carbocycles. The maximum Gasteiger partial charge on any atom is 0.128 e. The third kappa shape index (κ3) is 4.40. The van der Waals surface area contributed by atoms with Crippen molar-refractivity contribution in [3.63, 3.8) is 0 Å². The van der Waals surface area contributed by atoms with Gasteiger partial charge in [0.2, 0.25) is 0 Å². The lowest BCUT2D eigenvalue weighted by Gasteiger charge is -2.16. The van der Waals surface area contributed by atoms with E-state index in [1.807, 2.05) is 12.3 Å². The molecule has 0 radical (unpaired) electrons. The first-order chi connectivity index (χ1) is 7.77. The van der Waals surface area contributed by atoms with Crippen LogP contribution in [0.3, 0.4) is 0 Å². The van der Waals surface area contributed by atoms with Gasteiger partial charge in [-0.1, -0.05) is 19.4 Å². The van der Waals surface area contributed by atoms with Crippen LogP contribution in [0.15, 0.2) is 18.3 Å². The van der Waals surface area contributed by atoms with Crippen LogP contribution in [0, 0.1) is 12.8 Å². The minimum absolute atomic E-state index is 0.656. The van der Waals surface area contributed by atoms with Gasteiger partial charge in [0, 0.05) is 18.6 Å². The number of hydrogen-bond acceptors (Lipinski definition) is 2. The van der Waals surface area contributed by atoms with Crippen LogP contribution in [-0.4, -0.2) is 17.4 Å². The Morgan fingerprint density at radius 1 is 1.44 bits per heavy atom. The predicted octanol–water partition coefficient (Wildman–Crippen LogP) is 3.85. The largest absolute Gasteiger partial charge is 0.370 e. The van der Waals surface area contributed by atoms with Gasteiger partial charge in [0.1, 0.15) is 5.82 Å². The molecule has 16 heavy (non-hydrogen) atoms. The number of halogens is 1. The number of anilines is 1. The fraction of sp³-hybridized carbons (Fsp3) is 0.615. The van der Waals surface area contributed by atoms with Gasteiger partial charge in [-0.15, -0.1) is 11.6 Å². The smallest absolute Gasteiger partial charge is 0.128 e. The molecule has 0 bridgehead atoms. The highest BCUT2D eigenvalue weighted by molar-refractivity contribution is 6.17. The predicted molar refractivity (Wildman–Crippen MR) is 71.2 cm³/mol. The van der Waals surface area contributed by atoms with Crippen molar-refractivity contribution in [2.45, 2.75) is 33.1 Å². The lowest BCUT2D eigenvalue weighted by atomic mass is 10.0. The van der Waals surface area contributed by atoms with Crippen LogP contribution < -0.4 is 5.32 Å². The zero-order valence-corrected chi connectivity index (χ0v) is 10.9. The summed E-state index contributed by atoms with van der Waals surface area (Å²) >= 11 is 5.80. The molecule has 0 aliphatic rings. The molecule has 1 atom stereocenters. The van der Waals surface area contributed by atoms with Crippen LogP contribution in [0.2, 0.25) is 0 Å². The third-order valence-electron chi connectivity index (χ3n) is 2.78. The zero-order chi connectivity index (χ0) is 11.8. The maximum absolute atomic E-state index is 5.80. The van der Waals surface area contributed by atoms with E-state index in [0.717, 1.165) is 24.7 Å². The zero-order valence-electron chi connectivity index (χ0n) is 10.2. The SMILES string of the molecule is CCCC(CCCl)CNc1ncccc1C. The topological polar surface area (TPSA) is 24.9 Å². The summed E-state index contributed by atoms with van der Waals surface area (Å²) in [4.78, 5) is 4.33. The molecule has 0 aliphatic heterocycles. The van der Waals surface area contributed by atoms with Crippen molar-refractivity contribution >= 4 is 17.4 Å². The molecule has 1 rings (SSSR count). The lowest BCUT2D eigenvalue weighted by molar-refractivity contribution is 0.489. The van der Waals surface area contributed by atoms with Gasteiger partial charge in [0.05, 0.1) is 0 Å². The van der Waals surface area contributed by atoms with Gasteiger partial charge in [-0.2, -0.15) is 0 Å². The average Bonchev–Trinajstić information content (AvgIpc) is 2.28. The Morgan fingerprint density at radius 3 is 2.88 bits per heavy atom. The van der Waals surface area contributed by atoms with Crippen LogP contribution in [0.1, 0.15) is 31.7 Å². The Hall–Kier alpha value is -0.760. The van der Waals surface area contributed by atoms with Crippen molar-refractivity contribution in [3.05, 3.63) is 23.9 Å². The van der Waals surface area contributed by atoms with Gasteiger partial charge in [0.15, 0.2) is 0 Å². The summed E-state index contributed by atoms with van der Waals surface area (Å²) in [6.45, 7) is 5.26. The molecule has 0 spiro atoms. The van der Waals surface area contributed by atoms with Gasteiger partial charge in [-0.3, -0.25) is 0 Å². The van der Waals surface area contributed by atoms with Gasteiger partial charge < -0.3 is 5.32 Å². The second-order valence-corrected chi connectivity index (χ2v) is 4.56. The summed E-state index contributed by atoms with van der Waals surface area (Å²) in [5.74, 6) is 2.40. The normalized spacial score (nSPS) is 12.4. The molecule has 0 aromatic carbocycles. The molecular weight excluding hydrogens is 220 g/mol. The fourth-order valence-electron chi connectivity index (χ4n) is 1.82. The Kier molecular flexibility index (Phi) is 6.24. The van der Waals surface area contributed by atoms with E-state index in [0.29, 0.717) is 5.92 Å². The van der Waals surface area contributed by atoms with Gasteiger partial charge in [0.25, 0.3) is 0 Å². The quantitative estimate of drug-likeness (QED) is 0.733. The summed E-state index contributed by atoms with van der Waals surface area (Å²) in [7, 11) is 0. The molecule has 0 fully saturated rings. The minimum Gasteiger partial charge on any atom is -0.370 e. The number of rotatable bonds is 7.